The molecule has 4 aromatic rings. The normalized spacial score (nSPS) is 10.6. The monoisotopic (exact) mass is 390 g/mol. The molecule has 138 valence electrons. The maximum absolute atomic E-state index is 8.73. The number of ether oxygens (including phenoxy) is 1. The lowest BCUT2D eigenvalue weighted by Crippen LogP contribution is -2.05. The standard InChI is InChI=1S/C20H15ClN6O/c21-15-2-1-3-16(12-15)23-18-8-9-19-24-25-20(27(19)26-18)13-28-17-6-4-14(5-7-17)10-11-22/h1-9,12H,10,13H2,(H,23,26). The van der Waals surface area contributed by atoms with Gasteiger partial charge in [0.2, 0.25) is 0 Å². The van der Waals surface area contributed by atoms with Crippen molar-refractivity contribution in [1.82, 2.24) is 19.8 Å². The second-order valence-electron chi connectivity index (χ2n) is 6.01. The molecule has 8 heteroatoms. The SMILES string of the molecule is N#CCc1ccc(OCc2nnc3ccc(Nc4cccc(Cl)c4)nn23)cc1. The van der Waals surface area contributed by atoms with Crippen LogP contribution in [0, 0.1) is 11.3 Å². The molecule has 0 aliphatic carbocycles. The number of rotatable bonds is 6. The molecule has 1 N–H and O–H groups in total. The molecule has 0 amide bonds. The summed E-state index contributed by atoms with van der Waals surface area (Å²) in [5.74, 6) is 1.90. The molecule has 0 aliphatic heterocycles. The molecule has 0 aliphatic rings. The zero-order chi connectivity index (χ0) is 19.3. The summed E-state index contributed by atoms with van der Waals surface area (Å²) in [7, 11) is 0. The summed E-state index contributed by atoms with van der Waals surface area (Å²) >= 11 is 6.02. The van der Waals surface area contributed by atoms with Crippen LogP contribution in [0.1, 0.15) is 11.4 Å². The smallest absolute Gasteiger partial charge is 0.192 e. The zero-order valence-corrected chi connectivity index (χ0v) is 15.5. The molecule has 0 saturated heterocycles. The van der Waals surface area contributed by atoms with E-state index in [-0.39, 0.29) is 6.61 Å². The average Bonchev–Trinajstić information content (AvgIpc) is 3.10. The summed E-state index contributed by atoms with van der Waals surface area (Å²) in [4.78, 5) is 0. The van der Waals surface area contributed by atoms with Gasteiger partial charge in [0.25, 0.3) is 0 Å². The highest BCUT2D eigenvalue weighted by molar-refractivity contribution is 6.30. The van der Waals surface area contributed by atoms with Crippen molar-refractivity contribution in [3.63, 3.8) is 0 Å². The lowest BCUT2D eigenvalue weighted by Gasteiger charge is -2.08. The summed E-state index contributed by atoms with van der Waals surface area (Å²) in [5.41, 5.74) is 2.41. The number of halogens is 1. The van der Waals surface area contributed by atoms with E-state index in [0.717, 1.165) is 11.3 Å². The Labute approximate surface area is 166 Å². The highest BCUT2D eigenvalue weighted by atomic mass is 35.5. The third kappa shape index (κ3) is 4.03. The average molecular weight is 391 g/mol. The number of fused-ring (bicyclic) bond motifs is 1. The van der Waals surface area contributed by atoms with E-state index in [2.05, 4.69) is 26.7 Å². The molecular weight excluding hydrogens is 376 g/mol. The Hall–Kier alpha value is -3.63. The summed E-state index contributed by atoms with van der Waals surface area (Å²) in [6, 6.07) is 20.6. The Morgan fingerprint density at radius 1 is 1.07 bits per heavy atom. The van der Waals surface area contributed by atoms with Gasteiger partial charge in [-0.25, -0.2) is 0 Å². The van der Waals surface area contributed by atoms with E-state index in [1.54, 1.807) is 4.52 Å². The van der Waals surface area contributed by atoms with E-state index >= 15 is 0 Å². The Morgan fingerprint density at radius 3 is 2.71 bits per heavy atom. The summed E-state index contributed by atoms with van der Waals surface area (Å²) in [6.45, 7) is 0.215. The molecule has 0 fully saturated rings. The molecular formula is C20H15ClN6O. The number of nitriles is 1. The number of nitrogens with one attached hydrogen (secondary N) is 1. The summed E-state index contributed by atoms with van der Waals surface area (Å²) in [5, 5.41) is 25.4. The predicted molar refractivity (Wildman–Crippen MR) is 106 cm³/mol. The fraction of sp³-hybridized carbons (Fsp3) is 0.100. The first-order chi connectivity index (χ1) is 13.7. The van der Waals surface area contributed by atoms with Crippen molar-refractivity contribution in [2.24, 2.45) is 0 Å². The Kier molecular flexibility index (Phi) is 5.04. The van der Waals surface area contributed by atoms with Gasteiger partial charge in [-0.15, -0.1) is 15.3 Å². The van der Waals surface area contributed by atoms with Crippen LogP contribution in [0.3, 0.4) is 0 Å². The van der Waals surface area contributed by atoms with Crippen LogP contribution in [0.4, 0.5) is 11.5 Å². The van der Waals surface area contributed by atoms with Gasteiger partial charge < -0.3 is 10.1 Å². The molecule has 0 unspecified atom stereocenters. The number of aromatic nitrogens is 4. The molecule has 0 spiro atoms. The molecule has 0 radical (unpaired) electrons. The molecule has 28 heavy (non-hydrogen) atoms. The second-order valence-corrected chi connectivity index (χ2v) is 6.44. The first kappa shape index (κ1) is 17.8. The predicted octanol–water partition coefficient (Wildman–Crippen LogP) is 4.17. The van der Waals surface area contributed by atoms with Crippen LogP contribution >= 0.6 is 11.6 Å². The van der Waals surface area contributed by atoms with Gasteiger partial charge in [0.1, 0.15) is 12.4 Å². The van der Waals surface area contributed by atoms with E-state index in [1.807, 2.05) is 60.7 Å². The van der Waals surface area contributed by atoms with Crippen LogP contribution in [-0.4, -0.2) is 19.8 Å². The molecule has 0 saturated carbocycles. The van der Waals surface area contributed by atoms with E-state index in [4.69, 9.17) is 21.6 Å². The number of hydrogen-bond donors (Lipinski definition) is 1. The van der Waals surface area contributed by atoms with Gasteiger partial charge in [-0.05, 0) is 48.0 Å². The van der Waals surface area contributed by atoms with Crippen LogP contribution in [-0.2, 0) is 13.0 Å². The number of nitrogens with zero attached hydrogens (tertiary/aromatic N) is 5. The van der Waals surface area contributed by atoms with Crippen molar-refractivity contribution >= 4 is 28.8 Å². The van der Waals surface area contributed by atoms with Crippen LogP contribution in [0.5, 0.6) is 5.75 Å². The topological polar surface area (TPSA) is 88.1 Å². The summed E-state index contributed by atoms with van der Waals surface area (Å²) < 4.78 is 7.42. The van der Waals surface area contributed by atoms with Crippen molar-refractivity contribution in [2.45, 2.75) is 13.0 Å². The highest BCUT2D eigenvalue weighted by Gasteiger charge is 2.09. The molecule has 0 bridgehead atoms. The minimum atomic E-state index is 0.215. The molecule has 2 aromatic heterocycles. The van der Waals surface area contributed by atoms with Gasteiger partial charge in [0, 0.05) is 10.7 Å². The molecule has 2 heterocycles. The van der Waals surface area contributed by atoms with E-state index in [1.165, 1.54) is 0 Å². The number of anilines is 2. The summed E-state index contributed by atoms with van der Waals surface area (Å²) in [6.07, 6.45) is 0.376. The lowest BCUT2D eigenvalue weighted by molar-refractivity contribution is 0.292. The van der Waals surface area contributed by atoms with Gasteiger partial charge in [0.15, 0.2) is 17.3 Å². The highest BCUT2D eigenvalue weighted by Crippen LogP contribution is 2.19. The fourth-order valence-corrected chi connectivity index (χ4v) is 2.84. The first-order valence-electron chi connectivity index (χ1n) is 8.54. The second kappa shape index (κ2) is 7.94. The van der Waals surface area contributed by atoms with Crippen molar-refractivity contribution < 1.29 is 4.74 Å². The Bertz CT molecular complexity index is 1150. The molecule has 4 rings (SSSR count). The van der Waals surface area contributed by atoms with Crippen molar-refractivity contribution in [3.8, 4) is 11.8 Å². The molecule has 2 aromatic carbocycles. The van der Waals surface area contributed by atoms with Crippen molar-refractivity contribution in [2.75, 3.05) is 5.32 Å². The molecule has 0 atom stereocenters. The van der Waals surface area contributed by atoms with Crippen molar-refractivity contribution in [3.05, 3.63) is 77.1 Å². The van der Waals surface area contributed by atoms with E-state index in [9.17, 15) is 0 Å². The zero-order valence-electron chi connectivity index (χ0n) is 14.7. The number of hydrogen-bond acceptors (Lipinski definition) is 6. The van der Waals surface area contributed by atoms with Crippen LogP contribution in [0.15, 0.2) is 60.7 Å². The van der Waals surface area contributed by atoms with Gasteiger partial charge in [-0.2, -0.15) is 9.78 Å². The number of benzene rings is 2. The third-order valence-electron chi connectivity index (χ3n) is 4.00. The van der Waals surface area contributed by atoms with E-state index < -0.39 is 0 Å². The quantitative estimate of drug-likeness (QED) is 0.531. The van der Waals surface area contributed by atoms with Crippen LogP contribution in [0.25, 0.3) is 5.65 Å². The molecule has 7 nitrogen and oxygen atoms in total. The Balaban J connectivity index is 1.50. The van der Waals surface area contributed by atoms with Gasteiger partial charge in [-0.1, -0.05) is 29.8 Å². The van der Waals surface area contributed by atoms with Crippen LogP contribution in [0.2, 0.25) is 5.02 Å². The minimum absolute atomic E-state index is 0.215. The minimum Gasteiger partial charge on any atom is -0.486 e. The van der Waals surface area contributed by atoms with Crippen molar-refractivity contribution in [1.29, 1.82) is 5.26 Å². The fourth-order valence-electron chi connectivity index (χ4n) is 2.65. The third-order valence-corrected chi connectivity index (χ3v) is 4.23. The van der Waals surface area contributed by atoms with E-state index in [0.29, 0.717) is 34.5 Å². The van der Waals surface area contributed by atoms with Crippen LogP contribution < -0.4 is 10.1 Å². The first-order valence-corrected chi connectivity index (χ1v) is 8.92. The largest absolute Gasteiger partial charge is 0.486 e. The van der Waals surface area contributed by atoms with Gasteiger partial charge >= 0.3 is 0 Å². The maximum Gasteiger partial charge on any atom is 0.192 e. The Morgan fingerprint density at radius 2 is 1.93 bits per heavy atom. The van der Waals surface area contributed by atoms with Gasteiger partial charge in [0.05, 0.1) is 12.5 Å². The van der Waals surface area contributed by atoms with Gasteiger partial charge in [-0.3, -0.25) is 0 Å². The maximum atomic E-state index is 8.73. The lowest BCUT2D eigenvalue weighted by atomic mass is 10.2.